The molecule has 0 unspecified atom stereocenters. The molecule has 0 saturated heterocycles. The Labute approximate surface area is 91.8 Å². The highest BCUT2D eigenvalue weighted by atomic mass is 35.5. The molecule has 2 nitrogen and oxygen atoms in total. The van der Waals surface area contributed by atoms with E-state index in [1.54, 1.807) is 19.1 Å². The third-order valence-electron chi connectivity index (χ3n) is 1.72. The van der Waals surface area contributed by atoms with Crippen molar-refractivity contribution in [2.75, 3.05) is 0 Å². The summed E-state index contributed by atoms with van der Waals surface area (Å²) in [5, 5.41) is 9.48. The highest BCUT2D eigenvalue weighted by Crippen LogP contribution is 2.25. The molecule has 0 spiro atoms. The van der Waals surface area contributed by atoms with Crippen LogP contribution in [0, 0.1) is 6.92 Å². The van der Waals surface area contributed by atoms with E-state index in [-0.39, 0.29) is 0 Å². The third kappa shape index (κ3) is 2.76. The van der Waals surface area contributed by atoms with Crippen LogP contribution in [-0.2, 0) is 4.79 Å². The molecule has 0 aliphatic rings. The zero-order chi connectivity index (χ0) is 10.7. The number of hydrogen-bond donors (Lipinski definition) is 1. The second kappa shape index (κ2) is 4.49. The Balaban J connectivity index is 3.07. The maximum absolute atomic E-state index is 10.3. The van der Waals surface area contributed by atoms with Crippen molar-refractivity contribution in [2.45, 2.75) is 6.92 Å². The van der Waals surface area contributed by atoms with Gasteiger partial charge < -0.3 is 5.11 Å². The van der Waals surface area contributed by atoms with Crippen molar-refractivity contribution in [3.8, 4) is 0 Å². The predicted octanol–water partition coefficient (Wildman–Crippen LogP) is 3.40. The van der Waals surface area contributed by atoms with Crippen molar-refractivity contribution in [1.82, 2.24) is 0 Å². The lowest BCUT2D eigenvalue weighted by molar-refractivity contribution is -0.131. The minimum atomic E-state index is -1.00. The molecule has 1 aromatic carbocycles. The Morgan fingerprint density at radius 2 is 1.86 bits per heavy atom. The third-order valence-corrected chi connectivity index (χ3v) is 2.51. The van der Waals surface area contributed by atoms with Gasteiger partial charge in [0, 0.05) is 16.1 Å². The molecule has 0 aromatic heterocycles. The van der Waals surface area contributed by atoms with Crippen molar-refractivity contribution >= 4 is 35.2 Å². The summed E-state index contributed by atoms with van der Waals surface area (Å²) in [5.74, 6) is -1.00. The largest absolute Gasteiger partial charge is 0.478 e. The number of carboxylic acids is 1. The predicted molar refractivity (Wildman–Crippen MR) is 57.9 cm³/mol. The summed E-state index contributed by atoms with van der Waals surface area (Å²) in [6, 6.07) is 3.34. The highest BCUT2D eigenvalue weighted by Gasteiger charge is 2.02. The summed E-state index contributed by atoms with van der Waals surface area (Å²) in [6.07, 6.45) is 2.48. The van der Waals surface area contributed by atoms with E-state index in [0.29, 0.717) is 15.6 Å². The van der Waals surface area contributed by atoms with E-state index in [2.05, 4.69) is 0 Å². The fourth-order valence-electron chi connectivity index (χ4n) is 0.929. The normalized spacial score (nSPS) is 10.8. The summed E-state index contributed by atoms with van der Waals surface area (Å²) in [7, 11) is 0. The lowest BCUT2D eigenvalue weighted by atomic mass is 10.1. The zero-order valence-electron chi connectivity index (χ0n) is 7.42. The Morgan fingerprint density at radius 1 is 1.36 bits per heavy atom. The van der Waals surface area contributed by atoms with Gasteiger partial charge in [-0.2, -0.15) is 0 Å². The van der Waals surface area contributed by atoms with Crippen LogP contribution in [0.3, 0.4) is 0 Å². The van der Waals surface area contributed by atoms with Gasteiger partial charge in [-0.1, -0.05) is 23.2 Å². The van der Waals surface area contributed by atoms with Crippen molar-refractivity contribution in [3.05, 3.63) is 39.4 Å². The fraction of sp³-hybridized carbons (Fsp3) is 0.100. The van der Waals surface area contributed by atoms with Crippen molar-refractivity contribution in [1.29, 1.82) is 0 Å². The molecule has 0 fully saturated rings. The monoisotopic (exact) mass is 230 g/mol. The van der Waals surface area contributed by atoms with E-state index in [4.69, 9.17) is 28.3 Å². The summed E-state index contributed by atoms with van der Waals surface area (Å²) in [4.78, 5) is 10.3. The Kier molecular flexibility index (Phi) is 3.55. The van der Waals surface area contributed by atoms with E-state index in [0.717, 1.165) is 11.6 Å². The van der Waals surface area contributed by atoms with Crippen LogP contribution >= 0.6 is 23.2 Å². The minimum absolute atomic E-state index is 0.530. The van der Waals surface area contributed by atoms with Gasteiger partial charge >= 0.3 is 5.97 Å². The van der Waals surface area contributed by atoms with Crippen LogP contribution in [0.4, 0.5) is 0 Å². The molecule has 1 N–H and O–H groups in total. The van der Waals surface area contributed by atoms with Crippen LogP contribution in [0.25, 0.3) is 6.08 Å². The molecule has 1 rings (SSSR count). The van der Waals surface area contributed by atoms with Crippen LogP contribution in [0.5, 0.6) is 0 Å². The van der Waals surface area contributed by atoms with Gasteiger partial charge in [0.05, 0.1) is 0 Å². The second-order valence-corrected chi connectivity index (χ2v) is 3.60. The zero-order valence-corrected chi connectivity index (χ0v) is 8.93. The first-order valence-corrected chi connectivity index (χ1v) is 4.63. The average Bonchev–Trinajstić information content (AvgIpc) is 2.10. The molecule has 0 aliphatic heterocycles. The Bertz CT molecular complexity index is 374. The van der Waals surface area contributed by atoms with Gasteiger partial charge in [0.1, 0.15) is 0 Å². The quantitative estimate of drug-likeness (QED) is 0.792. The lowest BCUT2D eigenvalue weighted by Gasteiger charge is -2.02. The van der Waals surface area contributed by atoms with Gasteiger partial charge in [-0.15, -0.1) is 0 Å². The van der Waals surface area contributed by atoms with Crippen molar-refractivity contribution < 1.29 is 9.90 Å². The van der Waals surface area contributed by atoms with E-state index in [1.165, 1.54) is 6.08 Å². The molecule has 0 radical (unpaired) electrons. The number of hydrogen-bond acceptors (Lipinski definition) is 1. The van der Waals surface area contributed by atoms with Crippen LogP contribution in [-0.4, -0.2) is 11.1 Å². The molecular formula is C10H8Cl2O2. The Morgan fingerprint density at radius 3 is 2.29 bits per heavy atom. The van der Waals surface area contributed by atoms with Gasteiger partial charge in [0.2, 0.25) is 0 Å². The van der Waals surface area contributed by atoms with Gasteiger partial charge in [-0.25, -0.2) is 4.79 Å². The molecule has 74 valence electrons. The Hall–Kier alpha value is -0.990. The van der Waals surface area contributed by atoms with E-state index < -0.39 is 5.97 Å². The average molecular weight is 231 g/mol. The first-order valence-electron chi connectivity index (χ1n) is 3.87. The van der Waals surface area contributed by atoms with Gasteiger partial charge in [0.15, 0.2) is 0 Å². The SMILES string of the molecule is Cc1c(Cl)cc(C=CC(=O)O)cc1Cl. The standard InChI is InChI=1S/C10H8Cl2O2/c1-6-8(11)4-7(5-9(6)12)2-3-10(13)14/h2-5H,1H3,(H,13,14). The number of carbonyl (C=O) groups is 1. The van der Waals surface area contributed by atoms with Crippen LogP contribution < -0.4 is 0 Å². The number of rotatable bonds is 2. The number of benzene rings is 1. The molecular weight excluding hydrogens is 223 g/mol. The fourth-order valence-corrected chi connectivity index (χ4v) is 1.43. The van der Waals surface area contributed by atoms with E-state index >= 15 is 0 Å². The van der Waals surface area contributed by atoms with E-state index in [9.17, 15) is 4.79 Å². The topological polar surface area (TPSA) is 37.3 Å². The summed E-state index contributed by atoms with van der Waals surface area (Å²) >= 11 is 11.7. The molecule has 4 heteroatoms. The highest BCUT2D eigenvalue weighted by molar-refractivity contribution is 6.36. The lowest BCUT2D eigenvalue weighted by Crippen LogP contribution is -1.86. The van der Waals surface area contributed by atoms with Gasteiger partial charge in [-0.05, 0) is 36.3 Å². The first-order chi connectivity index (χ1) is 6.50. The molecule has 14 heavy (non-hydrogen) atoms. The second-order valence-electron chi connectivity index (χ2n) is 2.78. The van der Waals surface area contributed by atoms with Crippen molar-refractivity contribution in [2.24, 2.45) is 0 Å². The maximum Gasteiger partial charge on any atom is 0.328 e. The first kappa shape index (κ1) is 11.1. The molecule has 0 atom stereocenters. The van der Waals surface area contributed by atoms with Gasteiger partial charge in [0.25, 0.3) is 0 Å². The molecule has 0 bridgehead atoms. The number of halogens is 2. The molecule has 1 aromatic rings. The van der Waals surface area contributed by atoms with Crippen LogP contribution in [0.2, 0.25) is 10.0 Å². The minimum Gasteiger partial charge on any atom is -0.478 e. The molecule has 0 aliphatic carbocycles. The van der Waals surface area contributed by atoms with Crippen LogP contribution in [0.15, 0.2) is 18.2 Å². The van der Waals surface area contributed by atoms with Crippen molar-refractivity contribution in [3.63, 3.8) is 0 Å². The van der Waals surface area contributed by atoms with Crippen LogP contribution in [0.1, 0.15) is 11.1 Å². The van der Waals surface area contributed by atoms with E-state index in [1.807, 2.05) is 0 Å². The molecule has 0 amide bonds. The van der Waals surface area contributed by atoms with Gasteiger partial charge in [-0.3, -0.25) is 0 Å². The summed E-state index contributed by atoms with van der Waals surface area (Å²) in [6.45, 7) is 1.80. The number of carboxylic acid groups (broad SMARTS) is 1. The molecule has 0 saturated carbocycles. The molecule has 0 heterocycles. The maximum atomic E-state index is 10.3. The summed E-state index contributed by atoms with van der Waals surface area (Å²) in [5.41, 5.74) is 1.47. The smallest absolute Gasteiger partial charge is 0.328 e. The summed E-state index contributed by atoms with van der Waals surface area (Å²) < 4.78 is 0. The number of aliphatic carboxylic acids is 1.